The Hall–Kier alpha value is -3.45. The molecule has 1 aliphatic rings. The Bertz CT molecular complexity index is 1330. The minimum absolute atomic E-state index is 0.236. The first-order valence-electron chi connectivity index (χ1n) is 14.1. The van der Waals surface area contributed by atoms with Gasteiger partial charge in [0.15, 0.2) is 6.10 Å². The van der Waals surface area contributed by atoms with Crippen LogP contribution in [0.4, 0.5) is 5.69 Å². The highest BCUT2D eigenvalue weighted by molar-refractivity contribution is 5.85. The Balaban J connectivity index is 1.74. The molecule has 4 rings (SSSR count). The molecule has 0 aliphatic carbocycles. The lowest BCUT2D eigenvalue weighted by molar-refractivity contribution is -0.160. The van der Waals surface area contributed by atoms with Crippen molar-refractivity contribution in [3.8, 4) is 17.0 Å². The number of aliphatic carboxylic acids is 1. The highest BCUT2D eigenvalue weighted by Crippen LogP contribution is 2.43. The summed E-state index contributed by atoms with van der Waals surface area (Å²) in [7, 11) is 0. The number of ether oxygens (including phenoxy) is 2. The summed E-state index contributed by atoms with van der Waals surface area (Å²) < 4.78 is 12.2. The van der Waals surface area contributed by atoms with E-state index in [1.807, 2.05) is 46.0 Å². The summed E-state index contributed by atoms with van der Waals surface area (Å²) >= 11 is 0. The Morgan fingerprint density at radius 3 is 2.23 bits per heavy atom. The first-order chi connectivity index (χ1) is 18.8. The molecular formula is C33H43N3O4. The molecule has 1 aliphatic heterocycles. The van der Waals surface area contributed by atoms with Gasteiger partial charge in [-0.25, -0.2) is 4.79 Å². The van der Waals surface area contributed by atoms with Crippen LogP contribution in [-0.4, -0.2) is 39.7 Å². The second-order valence-electron chi connectivity index (χ2n) is 12.7. The second kappa shape index (κ2) is 11.6. The number of carbonyl (C=O) groups is 1. The van der Waals surface area contributed by atoms with Gasteiger partial charge < -0.3 is 19.5 Å². The summed E-state index contributed by atoms with van der Waals surface area (Å²) in [5.41, 5.74) is 6.75. The van der Waals surface area contributed by atoms with Crippen LogP contribution < -0.4 is 9.64 Å². The number of aromatic nitrogens is 2. The number of nitrogens with zero attached hydrogens (tertiary/aromatic N) is 3. The molecule has 7 heteroatoms. The van der Waals surface area contributed by atoms with Crippen molar-refractivity contribution in [2.45, 2.75) is 86.5 Å². The molecule has 7 nitrogen and oxygen atoms in total. The monoisotopic (exact) mass is 545 g/mol. The van der Waals surface area contributed by atoms with Gasteiger partial charge >= 0.3 is 5.97 Å². The van der Waals surface area contributed by atoms with Gasteiger partial charge in [-0.05, 0) is 88.6 Å². The molecule has 1 unspecified atom stereocenters. The average Bonchev–Trinajstić information content (AvgIpc) is 2.87. The van der Waals surface area contributed by atoms with Crippen LogP contribution in [0.1, 0.15) is 81.5 Å². The average molecular weight is 546 g/mol. The van der Waals surface area contributed by atoms with Crippen LogP contribution in [0, 0.1) is 26.2 Å². The maximum absolute atomic E-state index is 12.6. The number of pyridine rings is 2. The molecule has 1 atom stereocenters. The van der Waals surface area contributed by atoms with E-state index in [9.17, 15) is 9.90 Å². The van der Waals surface area contributed by atoms with E-state index in [0.29, 0.717) is 29.3 Å². The zero-order valence-corrected chi connectivity index (χ0v) is 25.2. The van der Waals surface area contributed by atoms with E-state index in [1.165, 1.54) is 16.7 Å². The van der Waals surface area contributed by atoms with Crippen molar-refractivity contribution >= 4 is 11.7 Å². The lowest BCUT2D eigenvalue weighted by Crippen LogP contribution is -2.39. The van der Waals surface area contributed by atoms with Gasteiger partial charge in [-0.3, -0.25) is 9.97 Å². The Morgan fingerprint density at radius 2 is 1.68 bits per heavy atom. The molecule has 3 aromatic rings. The molecule has 0 radical (unpaired) electrons. The maximum atomic E-state index is 12.6. The number of aryl methyl sites for hydroxylation is 3. The summed E-state index contributed by atoms with van der Waals surface area (Å²) in [6.45, 7) is 18.3. The van der Waals surface area contributed by atoms with Crippen LogP contribution in [0.25, 0.3) is 11.3 Å². The zero-order valence-electron chi connectivity index (χ0n) is 25.2. The minimum atomic E-state index is -1.16. The summed E-state index contributed by atoms with van der Waals surface area (Å²) in [4.78, 5) is 24.3. The highest BCUT2D eigenvalue weighted by Gasteiger charge is 2.36. The Labute approximate surface area is 238 Å². The predicted octanol–water partition coefficient (Wildman–Crippen LogP) is 7.22. The van der Waals surface area contributed by atoms with Gasteiger partial charge in [-0.2, -0.15) is 0 Å². The quantitative estimate of drug-likeness (QED) is 0.320. The van der Waals surface area contributed by atoms with E-state index < -0.39 is 17.7 Å². The third-order valence-electron chi connectivity index (χ3n) is 7.72. The molecular weight excluding hydrogens is 502 g/mol. The molecule has 1 fully saturated rings. The van der Waals surface area contributed by atoms with Gasteiger partial charge in [0.25, 0.3) is 0 Å². The molecule has 2 aromatic heterocycles. The fourth-order valence-corrected chi connectivity index (χ4v) is 5.23. The van der Waals surface area contributed by atoms with Crippen molar-refractivity contribution in [2.24, 2.45) is 5.41 Å². The van der Waals surface area contributed by atoms with Crippen LogP contribution in [0.15, 0.2) is 42.7 Å². The summed E-state index contributed by atoms with van der Waals surface area (Å²) in [5.74, 6) is -0.355. The van der Waals surface area contributed by atoms with Gasteiger partial charge in [0.2, 0.25) is 0 Å². The standard InChI is InChI=1S/C33H43N3O4/c1-21-10-9-11-22(2)26(21)20-39-24-12-13-27(35-18-24)25-19-34-23(3)28(30(31(37)38)40-32(4,5)6)29(25)36-16-14-33(7,8)15-17-36/h9-13,18-19,30H,14-17,20H2,1-8H3,(H,37,38). The number of piperidine rings is 1. The molecule has 214 valence electrons. The summed E-state index contributed by atoms with van der Waals surface area (Å²) in [5, 5.41) is 10.3. The fraction of sp³-hybridized carbons (Fsp3) is 0.485. The van der Waals surface area contributed by atoms with Crippen molar-refractivity contribution in [1.82, 2.24) is 9.97 Å². The first-order valence-corrected chi connectivity index (χ1v) is 14.1. The van der Waals surface area contributed by atoms with Gasteiger partial charge in [0, 0.05) is 36.1 Å². The van der Waals surface area contributed by atoms with E-state index in [-0.39, 0.29) is 5.41 Å². The third-order valence-corrected chi connectivity index (χ3v) is 7.72. The van der Waals surface area contributed by atoms with Gasteiger partial charge in [-0.15, -0.1) is 0 Å². The number of carboxylic acids is 1. The lowest BCUT2D eigenvalue weighted by atomic mass is 9.82. The van der Waals surface area contributed by atoms with Gasteiger partial charge in [-0.1, -0.05) is 32.0 Å². The number of hydrogen-bond acceptors (Lipinski definition) is 6. The van der Waals surface area contributed by atoms with E-state index >= 15 is 0 Å². The molecule has 0 bridgehead atoms. The Kier molecular flexibility index (Phi) is 8.55. The topological polar surface area (TPSA) is 84.8 Å². The molecule has 40 heavy (non-hydrogen) atoms. The molecule has 0 saturated carbocycles. The van der Waals surface area contributed by atoms with Crippen LogP contribution in [-0.2, 0) is 16.1 Å². The van der Waals surface area contributed by atoms with E-state index in [0.717, 1.165) is 37.2 Å². The smallest absolute Gasteiger partial charge is 0.337 e. The van der Waals surface area contributed by atoms with E-state index in [4.69, 9.17) is 14.5 Å². The largest absolute Gasteiger partial charge is 0.487 e. The number of anilines is 1. The van der Waals surface area contributed by atoms with Crippen LogP contribution in [0.3, 0.4) is 0 Å². The van der Waals surface area contributed by atoms with Gasteiger partial charge in [0.1, 0.15) is 12.4 Å². The van der Waals surface area contributed by atoms with Crippen molar-refractivity contribution in [3.05, 3.63) is 70.7 Å². The van der Waals surface area contributed by atoms with Crippen LogP contribution >= 0.6 is 0 Å². The van der Waals surface area contributed by atoms with Crippen molar-refractivity contribution in [2.75, 3.05) is 18.0 Å². The van der Waals surface area contributed by atoms with Crippen LogP contribution in [0.2, 0.25) is 0 Å². The Morgan fingerprint density at radius 1 is 1.02 bits per heavy atom. The molecule has 0 amide bonds. The number of hydrogen-bond donors (Lipinski definition) is 1. The molecule has 3 heterocycles. The normalized spacial score (nSPS) is 16.1. The zero-order chi connectivity index (χ0) is 29.2. The molecule has 1 aromatic carbocycles. The van der Waals surface area contributed by atoms with Gasteiger partial charge in [0.05, 0.1) is 23.2 Å². The first kappa shape index (κ1) is 29.5. The molecule has 0 spiro atoms. The molecule has 1 N–H and O–H groups in total. The highest BCUT2D eigenvalue weighted by atomic mass is 16.5. The summed E-state index contributed by atoms with van der Waals surface area (Å²) in [6, 6.07) is 10.1. The number of benzene rings is 1. The third kappa shape index (κ3) is 6.81. The van der Waals surface area contributed by atoms with Crippen molar-refractivity contribution in [1.29, 1.82) is 0 Å². The molecule has 1 saturated heterocycles. The number of rotatable bonds is 8. The lowest BCUT2D eigenvalue weighted by Gasteiger charge is -2.40. The van der Waals surface area contributed by atoms with Crippen molar-refractivity contribution < 1.29 is 19.4 Å². The van der Waals surface area contributed by atoms with Crippen LogP contribution in [0.5, 0.6) is 5.75 Å². The predicted molar refractivity (Wildman–Crippen MR) is 159 cm³/mol. The SMILES string of the molecule is Cc1cccc(C)c1COc1ccc(-c2cnc(C)c(C(OC(C)(C)C)C(=O)O)c2N2CCC(C)(C)CC2)nc1. The van der Waals surface area contributed by atoms with E-state index in [1.54, 1.807) is 6.20 Å². The second-order valence-corrected chi connectivity index (χ2v) is 12.7. The minimum Gasteiger partial charge on any atom is -0.487 e. The fourth-order valence-electron chi connectivity index (χ4n) is 5.23. The van der Waals surface area contributed by atoms with E-state index in [2.05, 4.69) is 55.8 Å². The van der Waals surface area contributed by atoms with Crippen molar-refractivity contribution in [3.63, 3.8) is 0 Å². The maximum Gasteiger partial charge on any atom is 0.337 e. The number of carboxylic acid groups (broad SMARTS) is 1. The summed E-state index contributed by atoms with van der Waals surface area (Å²) in [6.07, 6.45) is 4.39.